The van der Waals surface area contributed by atoms with E-state index in [2.05, 4.69) is 104 Å². The van der Waals surface area contributed by atoms with Gasteiger partial charge in [0.1, 0.15) is 0 Å². The summed E-state index contributed by atoms with van der Waals surface area (Å²) in [5.41, 5.74) is 0.201. The Morgan fingerprint density at radius 2 is 0.481 bits per heavy atom. The second-order valence-corrected chi connectivity index (χ2v) is 9.60. The molecule has 0 rings (SSSR count). The largest absolute Gasteiger partial charge is 0.676 e. The van der Waals surface area contributed by atoms with Crippen molar-refractivity contribution in [3.05, 3.63) is 21.3 Å². The van der Waals surface area contributed by atoms with Gasteiger partial charge in [0.2, 0.25) is 0 Å². The smallest absolute Gasteiger partial charge is 0 e. The molecule has 0 aromatic rings. The summed E-state index contributed by atoms with van der Waals surface area (Å²) in [6.07, 6.45) is 0. The third kappa shape index (κ3) is 58.4. The van der Waals surface area contributed by atoms with Gasteiger partial charge in [-0.3, -0.25) is 13.3 Å². The minimum atomic E-state index is 0. The molecule has 0 aliphatic heterocycles. The molecule has 0 fully saturated rings. The fourth-order valence-electron chi connectivity index (χ4n) is 0.919. The van der Waals surface area contributed by atoms with Gasteiger partial charge in [0.15, 0.2) is 0 Å². The van der Waals surface area contributed by atoms with Crippen molar-refractivity contribution in [2.75, 3.05) is 13.3 Å². The Morgan fingerprint density at radius 1 is 0.370 bits per heavy atom. The zero-order valence-electron chi connectivity index (χ0n) is 21.5. The molecule has 0 aliphatic carbocycles. The van der Waals surface area contributed by atoms with E-state index in [9.17, 15) is 0 Å². The first-order valence-corrected chi connectivity index (χ1v) is 10.2. The first-order valence-electron chi connectivity index (χ1n) is 10.2. The molecule has 0 heterocycles. The minimum Gasteiger partial charge on any atom is -0.676 e. The van der Waals surface area contributed by atoms with E-state index in [1.54, 1.807) is 0 Å². The predicted molar refractivity (Wildman–Crippen MR) is 125 cm³/mol. The van der Waals surface area contributed by atoms with Crippen LogP contribution in [0.2, 0.25) is 0 Å². The maximum Gasteiger partial charge on any atom is 0 e. The topological polar surface area (TPSA) is 56.4 Å². The average molecular weight is 431 g/mol. The second kappa shape index (κ2) is 18.4. The van der Waals surface area contributed by atoms with Crippen LogP contribution in [0.1, 0.15) is 111 Å². The Kier molecular flexibility index (Phi) is 25.9. The fraction of sp³-hybridized carbons (Fsp3) is 1.00. The van der Waals surface area contributed by atoms with Crippen LogP contribution in [0, 0.1) is 0 Å². The van der Waals surface area contributed by atoms with Crippen LogP contribution >= 0.6 is 0 Å². The Hall–Kier alpha value is 0.334. The predicted octanol–water partition coefficient (Wildman–Crippen LogP) is 8.63. The molecule has 0 radical (unpaired) electrons. The van der Waals surface area contributed by atoms with Gasteiger partial charge in [-0.2, -0.15) is 0 Å². The van der Waals surface area contributed by atoms with Crippen molar-refractivity contribution >= 4 is 0 Å². The molecule has 0 bridgehead atoms. The van der Waals surface area contributed by atoms with E-state index in [4.69, 9.17) is 0 Å². The van der Waals surface area contributed by atoms with E-state index in [1.807, 2.05) is 27.7 Å². The van der Waals surface area contributed by atoms with Crippen molar-refractivity contribution < 1.29 is 16.5 Å². The van der Waals surface area contributed by atoms with Crippen LogP contribution in [0.3, 0.4) is 0 Å². The van der Waals surface area contributed by atoms with Gasteiger partial charge < -0.3 is 21.3 Å². The zero-order chi connectivity index (χ0) is 22.2. The molecule has 0 unspecified atom stereocenters. The third-order valence-corrected chi connectivity index (χ3v) is 2.18. The average Bonchev–Trinajstić information content (AvgIpc) is 2.38. The van der Waals surface area contributed by atoms with Gasteiger partial charge in [0.05, 0.1) is 0 Å². The van der Waals surface area contributed by atoms with E-state index in [1.165, 1.54) is 0 Å². The molecule has 0 amide bonds. The van der Waals surface area contributed by atoms with Gasteiger partial charge in [-0.15, -0.1) is 22.2 Å². The maximum atomic E-state index is 4.38. The van der Waals surface area contributed by atoms with Crippen LogP contribution in [0.15, 0.2) is 0 Å². The monoisotopic (exact) mass is 430 g/mol. The van der Waals surface area contributed by atoms with Crippen LogP contribution in [0.4, 0.5) is 0 Å². The molecule has 174 valence electrons. The second-order valence-electron chi connectivity index (χ2n) is 9.60. The van der Waals surface area contributed by atoms with Gasteiger partial charge in [0, 0.05) is 16.5 Å². The van der Waals surface area contributed by atoms with E-state index in [0.717, 1.165) is 0 Å². The first kappa shape index (κ1) is 38.0. The first-order chi connectivity index (χ1) is 11.4. The normalized spacial score (nSPS) is 11.6. The molecular formula is C22H52N4Ni-4. The Labute approximate surface area is 184 Å². The van der Waals surface area contributed by atoms with Crippen LogP contribution in [-0.2, 0) is 16.5 Å². The molecule has 0 saturated carbocycles. The molecule has 0 atom stereocenters. The Bertz CT molecular complexity index is 221. The molecule has 0 aromatic heterocycles. The summed E-state index contributed by atoms with van der Waals surface area (Å²) < 4.78 is 0. The maximum absolute atomic E-state index is 4.38. The van der Waals surface area contributed by atoms with Crippen LogP contribution in [0.25, 0.3) is 21.3 Å². The van der Waals surface area contributed by atoms with Gasteiger partial charge >= 0.3 is 0 Å². The van der Waals surface area contributed by atoms with Crippen molar-refractivity contribution in [1.29, 1.82) is 0 Å². The van der Waals surface area contributed by atoms with E-state index >= 15 is 0 Å². The van der Waals surface area contributed by atoms with E-state index in [0.29, 0.717) is 13.3 Å². The molecular weight excluding hydrogens is 379 g/mol. The summed E-state index contributed by atoms with van der Waals surface area (Å²) in [6.45, 7) is 34.3. The molecule has 0 N–H and O–H groups in total. The third-order valence-electron chi connectivity index (χ3n) is 2.18. The molecule has 0 spiro atoms. The van der Waals surface area contributed by atoms with Crippen molar-refractivity contribution in [3.8, 4) is 0 Å². The molecule has 0 aromatic carbocycles. The SMILES string of the molecule is CC.CC.CC(C)(C)[N-]C[N-]C(C)(C)C.CC(C)(C)[N-]C[N-]C(C)(C)C.[Ni]. The van der Waals surface area contributed by atoms with Crippen LogP contribution < -0.4 is 0 Å². The minimum absolute atomic E-state index is 0. The van der Waals surface area contributed by atoms with E-state index < -0.39 is 0 Å². The summed E-state index contributed by atoms with van der Waals surface area (Å²) >= 11 is 0. The van der Waals surface area contributed by atoms with E-state index in [-0.39, 0.29) is 38.6 Å². The van der Waals surface area contributed by atoms with Gasteiger partial charge in [-0.1, -0.05) is 111 Å². The summed E-state index contributed by atoms with van der Waals surface area (Å²) in [5, 5.41) is 17.5. The summed E-state index contributed by atoms with van der Waals surface area (Å²) in [4.78, 5) is 0. The summed E-state index contributed by atoms with van der Waals surface area (Å²) in [7, 11) is 0. The Morgan fingerprint density at radius 3 is 0.556 bits per heavy atom. The van der Waals surface area contributed by atoms with Crippen molar-refractivity contribution in [2.24, 2.45) is 0 Å². The van der Waals surface area contributed by atoms with Gasteiger partial charge in [-0.25, -0.2) is 0 Å². The molecule has 0 saturated heterocycles. The molecule has 5 heteroatoms. The van der Waals surface area contributed by atoms with Crippen molar-refractivity contribution in [2.45, 2.75) is 133 Å². The molecule has 27 heavy (non-hydrogen) atoms. The molecule has 0 aliphatic rings. The van der Waals surface area contributed by atoms with Crippen LogP contribution in [0.5, 0.6) is 0 Å². The van der Waals surface area contributed by atoms with Crippen molar-refractivity contribution in [3.63, 3.8) is 0 Å². The van der Waals surface area contributed by atoms with Crippen molar-refractivity contribution in [1.82, 2.24) is 0 Å². The van der Waals surface area contributed by atoms with Gasteiger partial charge in [0.25, 0.3) is 0 Å². The summed E-state index contributed by atoms with van der Waals surface area (Å²) in [5.74, 6) is 0. The summed E-state index contributed by atoms with van der Waals surface area (Å²) in [6, 6.07) is 0. The fourth-order valence-corrected chi connectivity index (χ4v) is 0.919. The number of nitrogens with zero attached hydrogens (tertiary/aromatic N) is 4. The van der Waals surface area contributed by atoms with Crippen LogP contribution in [-0.4, -0.2) is 35.5 Å². The standard InChI is InChI=1S/2C9H20N2.2C2H6.Ni/c2*1-8(2,3)10-7-11-9(4,5)6;2*1-2;/h2*7H2,1-6H3;2*1-2H3;/q2*-2;;;. The zero-order valence-corrected chi connectivity index (χ0v) is 22.5. The Balaban J connectivity index is -0.0000000975. The number of hydrogen-bond acceptors (Lipinski definition) is 0. The number of hydrogen-bond donors (Lipinski definition) is 0. The number of rotatable bonds is 4. The quantitative estimate of drug-likeness (QED) is 0.400. The van der Waals surface area contributed by atoms with Gasteiger partial charge in [-0.05, 0) is 0 Å². The molecule has 4 nitrogen and oxygen atoms in total.